The molecule has 0 fully saturated rings. The molecule has 2 atom stereocenters. The Labute approximate surface area is 115 Å². The van der Waals surface area contributed by atoms with E-state index in [1.807, 2.05) is 37.3 Å². The zero-order valence-corrected chi connectivity index (χ0v) is 11.4. The van der Waals surface area contributed by atoms with Crippen LogP contribution in [0.3, 0.4) is 0 Å². The molecular weight excluding hydrogens is 264 g/mol. The number of carbonyl (C=O) groups excluding carboxylic acids is 2. The van der Waals surface area contributed by atoms with Crippen LogP contribution in [0.4, 0.5) is 0 Å². The zero-order valence-electron chi connectivity index (χ0n) is 10.6. The normalized spacial score (nSPS) is 23.9. The van der Waals surface area contributed by atoms with Gasteiger partial charge in [0.05, 0.1) is 10.7 Å². The van der Waals surface area contributed by atoms with Gasteiger partial charge in [0.25, 0.3) is 0 Å². The smallest absolute Gasteiger partial charge is 0.300 e. The molecule has 0 spiro atoms. The number of hydrogen-bond donors (Lipinski definition) is 1. The van der Waals surface area contributed by atoms with Crippen LogP contribution in [0, 0.1) is 5.92 Å². The van der Waals surface area contributed by atoms with Gasteiger partial charge in [0.1, 0.15) is 0 Å². The third kappa shape index (κ3) is 2.43. The highest BCUT2D eigenvalue weighted by Crippen LogP contribution is 2.50. The van der Waals surface area contributed by atoms with Crippen LogP contribution in [0.5, 0.6) is 0 Å². The number of hydrogen-bond acceptors (Lipinski definition) is 5. The van der Waals surface area contributed by atoms with E-state index in [1.165, 1.54) is 6.08 Å². The first-order valence-corrected chi connectivity index (χ1v) is 6.66. The van der Waals surface area contributed by atoms with E-state index in [0.717, 1.165) is 17.3 Å². The van der Waals surface area contributed by atoms with Crippen molar-refractivity contribution in [1.29, 1.82) is 0 Å². The van der Waals surface area contributed by atoms with Crippen molar-refractivity contribution >= 4 is 22.8 Å². The van der Waals surface area contributed by atoms with Crippen LogP contribution >= 0.6 is 11.8 Å². The Morgan fingerprint density at radius 1 is 1.37 bits per heavy atom. The van der Waals surface area contributed by atoms with Gasteiger partial charge in [-0.1, -0.05) is 42.1 Å². The van der Waals surface area contributed by atoms with Crippen molar-refractivity contribution < 1.29 is 19.7 Å². The van der Waals surface area contributed by atoms with E-state index < -0.39 is 16.6 Å². The maximum absolute atomic E-state index is 11.7. The molecule has 0 amide bonds. The summed E-state index contributed by atoms with van der Waals surface area (Å²) in [5.41, 5.74) is 1.59. The van der Waals surface area contributed by atoms with Crippen LogP contribution in [0.2, 0.25) is 0 Å². The topological polar surface area (TPSA) is 63.6 Å². The van der Waals surface area contributed by atoms with Crippen LogP contribution in [0.25, 0.3) is 0 Å². The van der Waals surface area contributed by atoms with Crippen molar-refractivity contribution in [3.05, 3.63) is 47.5 Å². The molecule has 1 N–H and O–H groups in total. The lowest BCUT2D eigenvalue weighted by molar-refractivity contribution is -0.237. The predicted molar refractivity (Wildman–Crippen MR) is 72.4 cm³/mol. The standard InChI is InChI=1S/C14H14O4S/c1-9(13(16)18-17)11-8-12(15)19-14(11,2)10-6-4-3-5-7-10/h3-9,17H,1-2H3. The molecule has 1 aliphatic heterocycles. The lowest BCUT2D eigenvalue weighted by Crippen LogP contribution is -2.26. The number of thioether (sulfide) groups is 1. The highest BCUT2D eigenvalue weighted by atomic mass is 32.2. The summed E-state index contributed by atoms with van der Waals surface area (Å²) >= 11 is 1.16. The first kappa shape index (κ1) is 13.8. The van der Waals surface area contributed by atoms with E-state index in [9.17, 15) is 9.59 Å². The molecule has 0 aliphatic carbocycles. The summed E-state index contributed by atoms with van der Waals surface area (Å²) in [6.45, 7) is 3.51. The first-order chi connectivity index (χ1) is 8.99. The van der Waals surface area contributed by atoms with Crippen LogP contribution in [0.1, 0.15) is 19.4 Å². The number of benzene rings is 1. The molecule has 2 unspecified atom stereocenters. The van der Waals surface area contributed by atoms with Crippen LogP contribution in [0.15, 0.2) is 42.0 Å². The van der Waals surface area contributed by atoms with Gasteiger partial charge >= 0.3 is 5.97 Å². The van der Waals surface area contributed by atoms with Gasteiger partial charge in [0, 0.05) is 0 Å². The molecule has 4 nitrogen and oxygen atoms in total. The monoisotopic (exact) mass is 278 g/mol. The Hall–Kier alpha value is -1.59. The largest absolute Gasteiger partial charge is 0.348 e. The molecule has 0 saturated carbocycles. The molecule has 5 heteroatoms. The lowest BCUT2D eigenvalue weighted by atomic mass is 9.84. The molecule has 0 bridgehead atoms. The molecule has 1 aliphatic rings. The van der Waals surface area contributed by atoms with Crippen molar-refractivity contribution in [2.75, 3.05) is 0 Å². The molecule has 1 heterocycles. The van der Waals surface area contributed by atoms with E-state index in [-0.39, 0.29) is 5.12 Å². The van der Waals surface area contributed by atoms with E-state index in [4.69, 9.17) is 5.26 Å². The van der Waals surface area contributed by atoms with Crippen LogP contribution in [-0.2, 0) is 19.2 Å². The number of carbonyl (C=O) groups is 2. The van der Waals surface area contributed by atoms with E-state index in [0.29, 0.717) is 5.57 Å². The van der Waals surface area contributed by atoms with Gasteiger partial charge in [-0.2, -0.15) is 5.26 Å². The average Bonchev–Trinajstić information content (AvgIpc) is 2.74. The Morgan fingerprint density at radius 2 is 2.00 bits per heavy atom. The van der Waals surface area contributed by atoms with Gasteiger partial charge in [-0.15, -0.1) is 0 Å². The van der Waals surface area contributed by atoms with Crippen molar-refractivity contribution in [2.45, 2.75) is 18.6 Å². The van der Waals surface area contributed by atoms with Crippen LogP contribution < -0.4 is 0 Å². The van der Waals surface area contributed by atoms with Gasteiger partial charge in [-0.25, -0.2) is 4.79 Å². The van der Waals surface area contributed by atoms with Crippen molar-refractivity contribution in [3.8, 4) is 0 Å². The second kappa shape index (κ2) is 5.19. The van der Waals surface area contributed by atoms with E-state index in [1.54, 1.807) is 6.92 Å². The Kier molecular flexibility index (Phi) is 3.78. The summed E-state index contributed by atoms with van der Waals surface area (Å²) in [5.74, 6) is -1.43. The molecule has 0 saturated heterocycles. The third-order valence-electron chi connectivity index (χ3n) is 3.36. The van der Waals surface area contributed by atoms with Crippen LogP contribution in [-0.4, -0.2) is 16.3 Å². The maximum Gasteiger partial charge on any atom is 0.348 e. The molecular formula is C14H14O4S. The Balaban J connectivity index is 2.43. The molecule has 1 aromatic carbocycles. The minimum atomic E-state index is -0.760. The van der Waals surface area contributed by atoms with E-state index >= 15 is 0 Å². The summed E-state index contributed by atoms with van der Waals surface area (Å²) < 4.78 is -0.605. The average molecular weight is 278 g/mol. The number of rotatable bonds is 3. The molecule has 0 aromatic heterocycles. The molecule has 2 rings (SSSR count). The lowest BCUT2D eigenvalue weighted by Gasteiger charge is -2.29. The molecule has 0 radical (unpaired) electrons. The Bertz CT molecular complexity index is 538. The maximum atomic E-state index is 11.7. The SMILES string of the molecule is CC(C(=O)OO)C1=CC(=O)SC1(C)c1ccccc1. The van der Waals surface area contributed by atoms with Crippen molar-refractivity contribution in [3.63, 3.8) is 0 Å². The molecule has 1 aromatic rings. The second-order valence-corrected chi connectivity index (χ2v) is 5.98. The second-order valence-electron chi connectivity index (χ2n) is 4.55. The fourth-order valence-electron chi connectivity index (χ4n) is 2.28. The van der Waals surface area contributed by atoms with Crippen molar-refractivity contribution in [1.82, 2.24) is 0 Å². The predicted octanol–water partition coefficient (Wildman–Crippen LogP) is 2.75. The van der Waals surface area contributed by atoms with E-state index in [2.05, 4.69) is 4.89 Å². The summed E-state index contributed by atoms with van der Waals surface area (Å²) in [4.78, 5) is 27.0. The van der Waals surface area contributed by atoms with Crippen molar-refractivity contribution in [2.24, 2.45) is 5.92 Å². The summed E-state index contributed by atoms with van der Waals surface area (Å²) in [7, 11) is 0. The van der Waals surface area contributed by atoms with Gasteiger partial charge in [-0.05, 0) is 31.1 Å². The molecule has 19 heavy (non-hydrogen) atoms. The highest BCUT2D eigenvalue weighted by Gasteiger charge is 2.43. The molecule has 100 valence electrons. The fourth-order valence-corrected chi connectivity index (χ4v) is 3.48. The Morgan fingerprint density at radius 3 is 2.58 bits per heavy atom. The first-order valence-electron chi connectivity index (χ1n) is 5.85. The van der Waals surface area contributed by atoms with Gasteiger partial charge in [-0.3, -0.25) is 4.79 Å². The summed E-state index contributed by atoms with van der Waals surface area (Å²) in [6, 6.07) is 9.49. The van der Waals surface area contributed by atoms with Gasteiger partial charge in [0.15, 0.2) is 0 Å². The van der Waals surface area contributed by atoms with Gasteiger partial charge in [0.2, 0.25) is 5.12 Å². The minimum Gasteiger partial charge on any atom is -0.300 e. The quantitative estimate of drug-likeness (QED) is 0.680. The van der Waals surface area contributed by atoms with Gasteiger partial charge < -0.3 is 4.89 Å². The third-order valence-corrected chi connectivity index (χ3v) is 4.56. The fraction of sp³-hybridized carbons (Fsp3) is 0.286. The minimum absolute atomic E-state index is 0.0982. The summed E-state index contributed by atoms with van der Waals surface area (Å²) in [6.07, 6.45) is 1.46. The summed E-state index contributed by atoms with van der Waals surface area (Å²) in [5, 5.41) is 8.41. The highest BCUT2D eigenvalue weighted by molar-refractivity contribution is 8.15. The zero-order chi connectivity index (χ0) is 14.0.